The lowest BCUT2D eigenvalue weighted by atomic mass is 10.0. The van der Waals surface area contributed by atoms with Gasteiger partial charge >= 0.3 is 0 Å². The molecule has 5 nitrogen and oxygen atoms in total. The molecule has 168 valence electrons. The van der Waals surface area contributed by atoms with E-state index in [1.54, 1.807) is 38.3 Å². The summed E-state index contributed by atoms with van der Waals surface area (Å²) in [6.45, 7) is 11.2. The minimum Gasteiger partial charge on any atom is -0.370 e. The summed E-state index contributed by atoms with van der Waals surface area (Å²) in [4.78, 5) is 8.48. The SMILES string of the molecule is C=Cc1cc(NCNF)c(C(=N)/C(C)=C/CN=C(C)/C(F)=C\C(C)=C/CCCC)cn1. The second-order valence-corrected chi connectivity index (χ2v) is 7.12. The number of anilines is 1. The van der Waals surface area contributed by atoms with Crippen molar-refractivity contribution in [2.24, 2.45) is 4.99 Å². The van der Waals surface area contributed by atoms with Crippen molar-refractivity contribution >= 4 is 23.2 Å². The van der Waals surface area contributed by atoms with Crippen molar-refractivity contribution in [2.45, 2.75) is 47.0 Å². The molecular weight excluding hydrogens is 396 g/mol. The van der Waals surface area contributed by atoms with E-state index in [2.05, 4.69) is 28.8 Å². The van der Waals surface area contributed by atoms with Crippen LogP contribution in [-0.4, -0.2) is 29.6 Å². The third-order valence-corrected chi connectivity index (χ3v) is 4.59. The van der Waals surface area contributed by atoms with Crippen molar-refractivity contribution < 1.29 is 8.87 Å². The standard InChI is InChI=1S/C24H33F2N5/c1-6-8-9-10-17(3)13-22(25)19(5)28-12-11-18(4)24(27)21-15-29-20(7-2)14-23(21)30-16-31-26/h7,10-11,13-15,27,31H,2,6,8-9,12,16H2,1,3-5H3,(H,29,30)/b17-10-,18-11+,22-13+,27-24?,28-19?. The third-order valence-electron chi connectivity index (χ3n) is 4.59. The molecule has 0 aliphatic heterocycles. The van der Waals surface area contributed by atoms with Gasteiger partial charge in [-0.15, -0.1) is 10.0 Å². The van der Waals surface area contributed by atoms with Gasteiger partial charge in [0.15, 0.2) is 0 Å². The van der Waals surface area contributed by atoms with Gasteiger partial charge < -0.3 is 5.32 Å². The maximum absolute atomic E-state index is 14.3. The van der Waals surface area contributed by atoms with Crippen molar-refractivity contribution in [2.75, 3.05) is 18.5 Å². The maximum Gasteiger partial charge on any atom is 0.144 e. The van der Waals surface area contributed by atoms with Gasteiger partial charge in [0.2, 0.25) is 0 Å². The number of rotatable bonds is 13. The van der Waals surface area contributed by atoms with Crippen LogP contribution in [0.2, 0.25) is 0 Å². The predicted molar refractivity (Wildman–Crippen MR) is 128 cm³/mol. The first-order valence-electron chi connectivity index (χ1n) is 10.3. The Labute approximate surface area is 184 Å². The molecule has 0 radical (unpaired) electrons. The largest absolute Gasteiger partial charge is 0.370 e. The lowest BCUT2D eigenvalue weighted by Crippen LogP contribution is -2.16. The molecule has 31 heavy (non-hydrogen) atoms. The first-order valence-corrected chi connectivity index (χ1v) is 10.3. The lowest BCUT2D eigenvalue weighted by Gasteiger charge is -2.13. The van der Waals surface area contributed by atoms with Gasteiger partial charge in [0, 0.05) is 17.4 Å². The van der Waals surface area contributed by atoms with Crippen molar-refractivity contribution in [3.63, 3.8) is 0 Å². The normalized spacial score (nSPS) is 13.4. The first kappa shape index (κ1) is 26.1. The molecule has 1 aromatic heterocycles. The monoisotopic (exact) mass is 429 g/mol. The smallest absolute Gasteiger partial charge is 0.144 e. The fourth-order valence-electron chi connectivity index (χ4n) is 2.66. The van der Waals surface area contributed by atoms with Crippen molar-refractivity contribution in [3.8, 4) is 0 Å². The molecule has 0 aliphatic rings. The van der Waals surface area contributed by atoms with Crippen molar-refractivity contribution in [1.29, 1.82) is 5.41 Å². The molecule has 0 atom stereocenters. The second-order valence-electron chi connectivity index (χ2n) is 7.12. The van der Waals surface area contributed by atoms with Gasteiger partial charge in [-0.1, -0.05) is 44.1 Å². The number of nitrogens with one attached hydrogen (secondary N) is 3. The first-order chi connectivity index (χ1) is 14.8. The molecule has 0 saturated carbocycles. The number of hydrogen-bond acceptors (Lipinski definition) is 5. The van der Waals surface area contributed by atoms with E-state index >= 15 is 0 Å². The molecule has 0 unspecified atom stereocenters. The summed E-state index contributed by atoms with van der Waals surface area (Å²) in [7, 11) is 0. The summed E-state index contributed by atoms with van der Waals surface area (Å²) >= 11 is 0. The summed E-state index contributed by atoms with van der Waals surface area (Å²) in [6, 6.07) is 1.69. The van der Waals surface area contributed by atoms with Crippen LogP contribution in [0.25, 0.3) is 6.08 Å². The number of aromatic nitrogens is 1. The van der Waals surface area contributed by atoms with Gasteiger partial charge in [0.25, 0.3) is 0 Å². The van der Waals surface area contributed by atoms with E-state index in [-0.39, 0.29) is 24.8 Å². The Morgan fingerprint density at radius 1 is 1.29 bits per heavy atom. The molecular formula is C24H33F2N5. The summed E-state index contributed by atoms with van der Waals surface area (Å²) in [5.74, 6) is -0.360. The molecule has 7 heteroatoms. The molecule has 1 heterocycles. The number of pyridine rings is 1. The average molecular weight is 430 g/mol. The highest BCUT2D eigenvalue weighted by molar-refractivity contribution is 6.13. The minimum absolute atomic E-state index is 0.106. The van der Waals surface area contributed by atoms with Crippen molar-refractivity contribution in [1.82, 2.24) is 10.5 Å². The predicted octanol–water partition coefficient (Wildman–Crippen LogP) is 6.33. The minimum atomic E-state index is -0.360. The van der Waals surface area contributed by atoms with Gasteiger partial charge in [0.1, 0.15) is 5.83 Å². The van der Waals surface area contributed by atoms with E-state index in [1.807, 2.05) is 13.0 Å². The molecule has 0 aromatic carbocycles. The van der Waals surface area contributed by atoms with Crippen LogP contribution in [0.4, 0.5) is 14.6 Å². The van der Waals surface area contributed by atoms with E-state index < -0.39 is 0 Å². The van der Waals surface area contributed by atoms with Crippen molar-refractivity contribution in [3.05, 3.63) is 65.3 Å². The van der Waals surface area contributed by atoms with E-state index in [9.17, 15) is 8.87 Å². The second kappa shape index (κ2) is 14.1. The van der Waals surface area contributed by atoms with E-state index in [0.717, 1.165) is 24.8 Å². The van der Waals surface area contributed by atoms with E-state index in [1.165, 1.54) is 11.6 Å². The molecule has 1 rings (SSSR count). The highest BCUT2D eigenvalue weighted by Crippen LogP contribution is 2.20. The van der Waals surface area contributed by atoms with Gasteiger partial charge in [-0.25, -0.2) is 4.39 Å². The number of allylic oxidation sites excluding steroid dienone is 5. The van der Waals surface area contributed by atoms with Crippen LogP contribution in [0.1, 0.15) is 58.2 Å². The van der Waals surface area contributed by atoms with E-state index in [4.69, 9.17) is 5.41 Å². The third kappa shape index (κ3) is 9.17. The van der Waals surface area contributed by atoms with Gasteiger partial charge in [-0.3, -0.25) is 15.4 Å². The topological polar surface area (TPSA) is 73.2 Å². The zero-order valence-corrected chi connectivity index (χ0v) is 18.9. The quantitative estimate of drug-likeness (QED) is 0.113. The fourth-order valence-corrected chi connectivity index (χ4v) is 2.66. The number of unbranched alkanes of at least 4 members (excludes halogenated alkanes) is 2. The summed E-state index contributed by atoms with van der Waals surface area (Å²) in [6.07, 6.45) is 11.5. The van der Waals surface area contributed by atoms with Crippen LogP contribution in [0.5, 0.6) is 0 Å². The molecule has 0 amide bonds. The van der Waals surface area contributed by atoms with Crippen LogP contribution < -0.4 is 10.9 Å². The number of hydrogen-bond donors (Lipinski definition) is 3. The van der Waals surface area contributed by atoms with E-state index in [0.29, 0.717) is 28.2 Å². The zero-order valence-electron chi connectivity index (χ0n) is 18.9. The maximum atomic E-state index is 14.3. The van der Waals surface area contributed by atoms with Crippen LogP contribution in [0.3, 0.4) is 0 Å². The average Bonchev–Trinajstić information content (AvgIpc) is 2.76. The Morgan fingerprint density at radius 3 is 2.68 bits per heavy atom. The van der Waals surface area contributed by atoms with Crippen LogP contribution in [0, 0.1) is 5.41 Å². The zero-order chi connectivity index (χ0) is 23.2. The molecule has 0 bridgehead atoms. The highest BCUT2D eigenvalue weighted by Gasteiger charge is 2.11. The Kier molecular flexibility index (Phi) is 11.9. The molecule has 3 N–H and O–H groups in total. The van der Waals surface area contributed by atoms with Gasteiger partial charge in [-0.05, 0) is 51.0 Å². The Balaban J connectivity index is 2.90. The fraction of sp³-hybridized carbons (Fsp3) is 0.375. The number of nitrogens with zero attached hydrogens (tertiary/aromatic N) is 2. The van der Waals surface area contributed by atoms with Crippen LogP contribution in [0.15, 0.2) is 59.0 Å². The summed E-state index contributed by atoms with van der Waals surface area (Å²) < 4.78 is 26.7. The highest BCUT2D eigenvalue weighted by atomic mass is 19.2. The molecule has 1 aromatic rings. The Morgan fingerprint density at radius 2 is 2.03 bits per heavy atom. The van der Waals surface area contributed by atoms with Gasteiger partial charge in [-0.2, -0.15) is 0 Å². The summed E-state index contributed by atoms with van der Waals surface area (Å²) in [5.41, 5.74) is 5.30. The van der Waals surface area contributed by atoms with Crippen LogP contribution in [-0.2, 0) is 0 Å². The number of aliphatic imine (C=N–C) groups is 1. The molecule has 0 spiro atoms. The van der Waals surface area contributed by atoms with Gasteiger partial charge in [0.05, 0.1) is 30.3 Å². The molecule has 0 saturated heterocycles. The Bertz CT molecular complexity index is 882. The molecule has 0 aliphatic carbocycles. The molecule has 0 fully saturated rings. The lowest BCUT2D eigenvalue weighted by molar-refractivity contribution is 0.350. The summed E-state index contributed by atoms with van der Waals surface area (Å²) in [5, 5.41) is 11.3. The van der Waals surface area contributed by atoms with Crippen LogP contribution >= 0.6 is 0 Å². The number of halogens is 2. The Hall–Kier alpha value is -2.93.